The Morgan fingerprint density at radius 1 is 1.08 bits per heavy atom. The van der Waals surface area contributed by atoms with Gasteiger partial charge in [0, 0.05) is 45.9 Å². The summed E-state index contributed by atoms with van der Waals surface area (Å²) in [4.78, 5) is 43.3. The number of hydrogen-bond acceptors (Lipinski definition) is 5. The molecule has 132 valence electrons. The molecule has 2 heterocycles. The molecule has 1 saturated heterocycles. The van der Waals surface area contributed by atoms with E-state index in [1.165, 1.54) is 18.3 Å². The fourth-order valence-electron chi connectivity index (χ4n) is 2.76. The first-order chi connectivity index (χ1) is 12.0. The Morgan fingerprint density at radius 3 is 2.44 bits per heavy atom. The maximum atomic E-state index is 12.2. The van der Waals surface area contributed by atoms with E-state index in [2.05, 4.69) is 10.3 Å². The highest BCUT2D eigenvalue weighted by molar-refractivity contribution is 7.22. The lowest BCUT2D eigenvalue weighted by molar-refractivity contribution is -0.138. The van der Waals surface area contributed by atoms with Gasteiger partial charge >= 0.3 is 0 Å². The van der Waals surface area contributed by atoms with E-state index in [0.29, 0.717) is 31.3 Å². The van der Waals surface area contributed by atoms with Crippen molar-refractivity contribution in [2.45, 2.75) is 19.8 Å². The van der Waals surface area contributed by atoms with Crippen LogP contribution in [0.2, 0.25) is 0 Å². The third kappa shape index (κ3) is 4.33. The van der Waals surface area contributed by atoms with Crippen LogP contribution >= 0.6 is 11.3 Å². The van der Waals surface area contributed by atoms with E-state index in [0.717, 1.165) is 10.2 Å². The summed E-state index contributed by atoms with van der Waals surface area (Å²) in [7, 11) is 0. The van der Waals surface area contributed by atoms with Gasteiger partial charge in [0.15, 0.2) is 5.13 Å². The summed E-state index contributed by atoms with van der Waals surface area (Å²) >= 11 is 1.41. The van der Waals surface area contributed by atoms with Gasteiger partial charge in [-0.1, -0.05) is 23.5 Å². The van der Waals surface area contributed by atoms with Gasteiger partial charge in [0.05, 0.1) is 10.2 Å². The van der Waals surface area contributed by atoms with Gasteiger partial charge in [-0.3, -0.25) is 14.4 Å². The molecule has 3 rings (SSSR count). The number of anilines is 1. The van der Waals surface area contributed by atoms with Crippen LogP contribution in [-0.4, -0.2) is 58.7 Å². The first-order valence-electron chi connectivity index (χ1n) is 8.21. The molecular formula is C17H20N4O3S. The molecule has 0 saturated carbocycles. The van der Waals surface area contributed by atoms with E-state index in [-0.39, 0.29) is 30.6 Å². The van der Waals surface area contributed by atoms with Gasteiger partial charge in [0.25, 0.3) is 0 Å². The van der Waals surface area contributed by atoms with Crippen LogP contribution < -0.4 is 5.32 Å². The minimum atomic E-state index is -0.213. The lowest BCUT2D eigenvalue weighted by atomic mass is 10.2. The average Bonchev–Trinajstić information content (AvgIpc) is 3.01. The predicted octanol–water partition coefficient (Wildman–Crippen LogP) is 1.71. The number of piperazine rings is 1. The number of hydrogen-bond donors (Lipinski definition) is 1. The standard InChI is InChI=1S/C17H20N4O3S/c1-12(22)20-8-10-21(11-9-20)16(24)7-6-15(23)19-17-18-13-4-2-3-5-14(13)25-17/h2-5H,6-11H2,1H3,(H,18,19,23). The number of aromatic nitrogens is 1. The summed E-state index contributed by atoms with van der Waals surface area (Å²) < 4.78 is 1.01. The van der Waals surface area contributed by atoms with E-state index in [4.69, 9.17) is 0 Å². The highest BCUT2D eigenvalue weighted by Crippen LogP contribution is 2.25. The predicted molar refractivity (Wildman–Crippen MR) is 96.3 cm³/mol. The number of amides is 3. The molecular weight excluding hydrogens is 340 g/mol. The van der Waals surface area contributed by atoms with E-state index in [1.54, 1.807) is 9.80 Å². The smallest absolute Gasteiger partial charge is 0.226 e. The number of nitrogens with one attached hydrogen (secondary N) is 1. The second-order valence-electron chi connectivity index (χ2n) is 5.92. The van der Waals surface area contributed by atoms with Crippen molar-refractivity contribution in [3.05, 3.63) is 24.3 Å². The zero-order valence-electron chi connectivity index (χ0n) is 14.0. The van der Waals surface area contributed by atoms with Crippen LogP contribution in [0.5, 0.6) is 0 Å². The highest BCUT2D eigenvalue weighted by Gasteiger charge is 2.22. The molecule has 25 heavy (non-hydrogen) atoms. The zero-order chi connectivity index (χ0) is 17.8. The molecule has 0 radical (unpaired) electrons. The number of nitrogens with zero attached hydrogens (tertiary/aromatic N) is 3. The number of rotatable bonds is 4. The third-order valence-corrected chi connectivity index (χ3v) is 5.14. The van der Waals surface area contributed by atoms with Gasteiger partial charge < -0.3 is 15.1 Å². The molecule has 7 nitrogen and oxygen atoms in total. The van der Waals surface area contributed by atoms with Gasteiger partial charge in [-0.05, 0) is 12.1 Å². The van der Waals surface area contributed by atoms with Crippen LogP contribution in [0.3, 0.4) is 0 Å². The van der Waals surface area contributed by atoms with Gasteiger partial charge in [-0.2, -0.15) is 0 Å². The molecule has 8 heteroatoms. The fraction of sp³-hybridized carbons (Fsp3) is 0.412. The Labute approximate surface area is 149 Å². The largest absolute Gasteiger partial charge is 0.339 e. The van der Waals surface area contributed by atoms with Crippen molar-refractivity contribution in [2.24, 2.45) is 0 Å². The monoisotopic (exact) mass is 360 g/mol. The SMILES string of the molecule is CC(=O)N1CCN(C(=O)CCC(=O)Nc2nc3ccccc3s2)CC1. The zero-order valence-corrected chi connectivity index (χ0v) is 14.8. The van der Waals surface area contributed by atoms with Gasteiger partial charge in [-0.15, -0.1) is 0 Å². The summed E-state index contributed by atoms with van der Waals surface area (Å²) in [5.41, 5.74) is 0.849. The summed E-state index contributed by atoms with van der Waals surface area (Å²) in [5.74, 6) is -0.236. The number of carbonyl (C=O) groups excluding carboxylic acids is 3. The van der Waals surface area contributed by atoms with Crippen LogP contribution in [0.1, 0.15) is 19.8 Å². The maximum Gasteiger partial charge on any atom is 0.226 e. The Hall–Kier alpha value is -2.48. The summed E-state index contributed by atoms with van der Waals surface area (Å²) in [6.45, 7) is 3.69. The van der Waals surface area contributed by atoms with Crippen molar-refractivity contribution in [3.8, 4) is 0 Å². The summed E-state index contributed by atoms with van der Waals surface area (Å²) in [6, 6.07) is 7.67. The average molecular weight is 360 g/mol. The Balaban J connectivity index is 1.45. The lowest BCUT2D eigenvalue weighted by Crippen LogP contribution is -2.50. The minimum Gasteiger partial charge on any atom is -0.339 e. The number of thiazole rings is 1. The first-order valence-corrected chi connectivity index (χ1v) is 9.03. The van der Waals surface area contributed by atoms with E-state index < -0.39 is 0 Å². The molecule has 1 aliphatic heterocycles. The summed E-state index contributed by atoms with van der Waals surface area (Å²) in [6.07, 6.45) is 0.290. The molecule has 3 amide bonds. The second-order valence-corrected chi connectivity index (χ2v) is 6.95. The Morgan fingerprint density at radius 2 is 1.76 bits per heavy atom. The maximum absolute atomic E-state index is 12.2. The van der Waals surface area contributed by atoms with E-state index >= 15 is 0 Å². The lowest BCUT2D eigenvalue weighted by Gasteiger charge is -2.34. The van der Waals surface area contributed by atoms with Crippen molar-refractivity contribution in [2.75, 3.05) is 31.5 Å². The summed E-state index contributed by atoms with van der Waals surface area (Å²) in [5, 5.41) is 3.31. The normalized spacial score (nSPS) is 14.6. The molecule has 0 atom stereocenters. The van der Waals surface area contributed by atoms with Crippen molar-refractivity contribution in [1.29, 1.82) is 0 Å². The second kappa shape index (κ2) is 7.60. The van der Waals surface area contributed by atoms with Crippen LogP contribution in [0.4, 0.5) is 5.13 Å². The van der Waals surface area contributed by atoms with Crippen LogP contribution in [0, 0.1) is 0 Å². The van der Waals surface area contributed by atoms with Crippen molar-refractivity contribution < 1.29 is 14.4 Å². The number of benzene rings is 1. The van der Waals surface area contributed by atoms with Crippen LogP contribution in [0.15, 0.2) is 24.3 Å². The Kier molecular flexibility index (Phi) is 5.28. The first kappa shape index (κ1) is 17.3. The quantitative estimate of drug-likeness (QED) is 0.900. The molecule has 2 aromatic rings. The molecule has 1 fully saturated rings. The highest BCUT2D eigenvalue weighted by atomic mass is 32.1. The number of para-hydroxylation sites is 1. The third-order valence-electron chi connectivity index (χ3n) is 4.18. The van der Waals surface area contributed by atoms with Gasteiger partial charge in [0.2, 0.25) is 17.7 Å². The van der Waals surface area contributed by atoms with Crippen molar-refractivity contribution in [3.63, 3.8) is 0 Å². The number of fused-ring (bicyclic) bond motifs is 1. The molecule has 0 spiro atoms. The minimum absolute atomic E-state index is 0.0299. The van der Waals surface area contributed by atoms with Gasteiger partial charge in [-0.25, -0.2) is 4.98 Å². The molecule has 1 aromatic carbocycles. The topological polar surface area (TPSA) is 82.6 Å². The molecule has 1 aromatic heterocycles. The number of carbonyl (C=O) groups is 3. The fourth-order valence-corrected chi connectivity index (χ4v) is 3.64. The Bertz CT molecular complexity index is 763. The molecule has 1 aliphatic rings. The molecule has 1 N–H and O–H groups in total. The van der Waals surface area contributed by atoms with Crippen molar-refractivity contribution in [1.82, 2.24) is 14.8 Å². The van der Waals surface area contributed by atoms with Crippen molar-refractivity contribution >= 4 is 44.4 Å². The molecule has 0 aliphatic carbocycles. The van der Waals surface area contributed by atoms with E-state index in [1.807, 2.05) is 24.3 Å². The molecule has 0 unspecified atom stereocenters. The van der Waals surface area contributed by atoms with Gasteiger partial charge in [0.1, 0.15) is 0 Å². The van der Waals surface area contributed by atoms with Crippen LogP contribution in [0.25, 0.3) is 10.2 Å². The molecule has 0 bridgehead atoms. The van der Waals surface area contributed by atoms with Crippen LogP contribution in [-0.2, 0) is 14.4 Å². The van der Waals surface area contributed by atoms with E-state index in [9.17, 15) is 14.4 Å².